The molecule has 0 saturated carbocycles. The fraction of sp³-hybridized carbons (Fsp3) is 0.208. The van der Waals surface area contributed by atoms with Crippen LogP contribution in [0.2, 0.25) is 0 Å². The first-order valence-electron chi connectivity index (χ1n) is 12.9. The Balaban J connectivity index is 1.65. The van der Waals surface area contributed by atoms with Gasteiger partial charge < -0.3 is 20.4 Å². The lowest BCUT2D eigenvalue weighted by Gasteiger charge is -2.17. The minimum Gasteiger partial charge on any atom is -0.476 e. The van der Waals surface area contributed by atoms with E-state index < -0.39 is 64.7 Å². The van der Waals surface area contributed by atoms with Crippen LogP contribution in [0.5, 0.6) is 0 Å². The number of nitrogens with zero attached hydrogens (tertiary/aromatic N) is 7. The summed E-state index contributed by atoms with van der Waals surface area (Å²) in [5, 5.41) is 30.6. The van der Waals surface area contributed by atoms with Crippen LogP contribution in [-0.2, 0) is 20.2 Å². The number of carbonyl (C=O) groups is 1. The number of aliphatic hydroxyl groups excluding tert-OH is 1. The normalized spacial score (nSPS) is 12.0. The molecule has 250 valence electrons. The molecule has 0 bridgehead atoms. The van der Waals surface area contributed by atoms with E-state index in [1.165, 1.54) is 22.7 Å². The van der Waals surface area contributed by atoms with Gasteiger partial charge >= 0.3 is 12.0 Å². The molecule has 0 aliphatic heterocycles. The van der Waals surface area contributed by atoms with Crippen LogP contribution in [0.1, 0.15) is 10.5 Å². The number of nitrogens with one attached hydrogen (secondary N) is 2. The van der Waals surface area contributed by atoms with Gasteiger partial charge in [0.15, 0.2) is 11.4 Å². The number of H-pyrrole nitrogens is 1. The van der Waals surface area contributed by atoms with Gasteiger partial charge in [0.25, 0.3) is 25.8 Å². The topological polar surface area (TPSA) is 283 Å². The third-order valence-corrected chi connectivity index (χ3v) is 8.66. The summed E-state index contributed by atoms with van der Waals surface area (Å²) in [6, 6.07) is 7.24. The molecule has 2 aromatic carbocycles. The van der Waals surface area contributed by atoms with Crippen LogP contribution in [0.4, 0.5) is 33.3 Å². The van der Waals surface area contributed by atoms with Crippen molar-refractivity contribution in [3.63, 3.8) is 0 Å². The molecule has 47 heavy (non-hydrogen) atoms. The smallest absolute Gasteiger partial charge is 0.356 e. The van der Waals surface area contributed by atoms with E-state index in [9.17, 15) is 40.5 Å². The average Bonchev–Trinajstić information content (AvgIpc) is 3.33. The van der Waals surface area contributed by atoms with Crippen LogP contribution >= 0.6 is 11.8 Å². The van der Waals surface area contributed by atoms with E-state index in [4.69, 9.17) is 9.66 Å². The van der Waals surface area contributed by atoms with Gasteiger partial charge in [0.1, 0.15) is 10.6 Å². The highest BCUT2D eigenvalue weighted by Gasteiger charge is 2.23. The average molecular weight is 714 g/mol. The lowest BCUT2D eigenvalue weighted by Crippen LogP contribution is -2.24. The second kappa shape index (κ2) is 14.3. The third-order valence-electron chi connectivity index (χ3n) is 5.97. The summed E-state index contributed by atoms with van der Waals surface area (Å²) in [5.41, 5.74) is -3.27. The minimum absolute atomic E-state index is 0.00261. The number of hydrogen-bond acceptors (Lipinski definition) is 15. The molecule has 0 unspecified atom stereocenters. The largest absolute Gasteiger partial charge is 0.476 e. The Morgan fingerprint density at radius 2 is 1.74 bits per heavy atom. The van der Waals surface area contributed by atoms with Gasteiger partial charge in [-0.15, -0.1) is 10.2 Å². The van der Waals surface area contributed by atoms with Crippen molar-refractivity contribution in [2.45, 2.75) is 9.79 Å². The molecule has 0 aliphatic rings. The summed E-state index contributed by atoms with van der Waals surface area (Å²) in [6.45, 7) is 0.402. The number of hydrogen-bond donors (Lipinski definition) is 6. The number of aromatic nitrogens is 5. The molecule has 6 N–H and O–H groups in total. The summed E-state index contributed by atoms with van der Waals surface area (Å²) >= 11 is 1.45. The fourth-order valence-electron chi connectivity index (χ4n) is 3.77. The van der Waals surface area contributed by atoms with Crippen molar-refractivity contribution in [1.82, 2.24) is 24.7 Å². The third kappa shape index (κ3) is 8.72. The first-order valence-corrected chi connectivity index (χ1v) is 16.9. The van der Waals surface area contributed by atoms with Crippen LogP contribution in [0.25, 0.3) is 5.69 Å². The zero-order chi connectivity index (χ0) is 34.5. The van der Waals surface area contributed by atoms with Gasteiger partial charge in [-0.1, -0.05) is 0 Å². The van der Waals surface area contributed by atoms with Crippen molar-refractivity contribution in [2.75, 3.05) is 41.9 Å². The predicted octanol–water partition coefficient (Wildman–Crippen LogP) is 2.00. The summed E-state index contributed by atoms with van der Waals surface area (Å²) in [7, 11) is -7.97. The Labute approximate surface area is 268 Å². The second-order valence-electron chi connectivity index (χ2n) is 9.22. The maximum absolute atomic E-state index is 14.2. The SMILES string of the molecule is CN(CCSCCO)c1nc(F)nc(Nc2ccc(N=Nc3c(C(=O)O)[nH]n(-c4ccc(S(=O)(=O)O)cc4)c3=O)c(S(=O)(=O)O)c2)n1. The molecule has 0 atom stereocenters. The van der Waals surface area contributed by atoms with Crippen molar-refractivity contribution in [3.05, 3.63) is 64.6 Å². The van der Waals surface area contributed by atoms with Crippen LogP contribution in [0.3, 0.4) is 0 Å². The zero-order valence-electron chi connectivity index (χ0n) is 23.8. The van der Waals surface area contributed by atoms with E-state index in [0.29, 0.717) is 22.7 Å². The van der Waals surface area contributed by atoms with E-state index in [-0.39, 0.29) is 29.9 Å². The van der Waals surface area contributed by atoms with E-state index in [2.05, 4.69) is 35.6 Å². The highest BCUT2D eigenvalue weighted by molar-refractivity contribution is 7.99. The molecule has 2 aromatic heterocycles. The van der Waals surface area contributed by atoms with Gasteiger partial charge in [0.2, 0.25) is 11.9 Å². The molecular formula is C24H24FN9O10S3. The van der Waals surface area contributed by atoms with Gasteiger partial charge in [-0.25, -0.2) is 9.48 Å². The number of aliphatic hydroxyl groups is 1. The predicted molar refractivity (Wildman–Crippen MR) is 164 cm³/mol. The van der Waals surface area contributed by atoms with Crippen molar-refractivity contribution in [2.24, 2.45) is 10.2 Å². The second-order valence-corrected chi connectivity index (χ2v) is 13.3. The van der Waals surface area contributed by atoms with E-state index >= 15 is 0 Å². The van der Waals surface area contributed by atoms with Crippen molar-refractivity contribution in [3.8, 4) is 5.69 Å². The molecule has 23 heteroatoms. The number of azo groups is 1. The van der Waals surface area contributed by atoms with Crippen molar-refractivity contribution >= 4 is 66.9 Å². The molecule has 4 aromatic rings. The number of thioether (sulfide) groups is 1. The fourth-order valence-corrected chi connectivity index (χ4v) is 5.63. The van der Waals surface area contributed by atoms with Crippen LogP contribution in [-0.4, -0.2) is 98.6 Å². The van der Waals surface area contributed by atoms with E-state index in [1.54, 1.807) is 7.05 Å². The highest BCUT2D eigenvalue weighted by Crippen LogP contribution is 2.30. The number of aromatic carboxylic acids is 1. The monoisotopic (exact) mass is 713 g/mol. The maximum atomic E-state index is 14.2. The quantitative estimate of drug-likeness (QED) is 0.0619. The van der Waals surface area contributed by atoms with Gasteiger partial charge in [-0.05, 0) is 42.5 Å². The highest BCUT2D eigenvalue weighted by atomic mass is 32.2. The molecule has 0 aliphatic carbocycles. The molecule has 0 radical (unpaired) electrons. The number of halogens is 1. The molecule has 0 amide bonds. The molecule has 19 nitrogen and oxygen atoms in total. The van der Waals surface area contributed by atoms with Gasteiger partial charge in [-0.3, -0.25) is 19.0 Å². The van der Waals surface area contributed by atoms with Crippen LogP contribution < -0.4 is 15.8 Å². The van der Waals surface area contributed by atoms with Crippen LogP contribution in [0, 0.1) is 6.08 Å². The lowest BCUT2D eigenvalue weighted by molar-refractivity contribution is 0.0690. The Morgan fingerprint density at radius 1 is 1.04 bits per heavy atom. The standard InChI is InChI=1S/C24H24FN9O10S3/c1-33(8-10-45-11-9-35)24-28-22(25)27-23(29-24)26-13-2-7-16(17(12-13)47(42,43)44)30-31-18-19(21(37)38)32-34(20(18)36)14-3-5-15(6-4-14)46(39,40)41/h2-7,12,32,35H,8-11H2,1H3,(H,37,38)(H,39,40,41)(H,42,43,44)(H,26,27,28,29). The summed E-state index contributed by atoms with van der Waals surface area (Å²) in [4.78, 5) is 36.3. The lowest BCUT2D eigenvalue weighted by atomic mass is 10.3. The first kappa shape index (κ1) is 35.1. The summed E-state index contributed by atoms with van der Waals surface area (Å²) < 4.78 is 80.9. The Morgan fingerprint density at radius 3 is 2.36 bits per heavy atom. The number of anilines is 3. The molecule has 0 fully saturated rings. The van der Waals surface area contributed by atoms with E-state index in [1.807, 2.05) is 0 Å². The number of benzene rings is 2. The summed E-state index contributed by atoms with van der Waals surface area (Å²) in [6.07, 6.45) is -1.14. The zero-order valence-corrected chi connectivity index (χ0v) is 26.3. The number of rotatable bonds is 14. The first-order chi connectivity index (χ1) is 22.1. The van der Waals surface area contributed by atoms with Gasteiger partial charge in [-0.2, -0.15) is 47.9 Å². The number of carboxylic acid groups (broad SMARTS) is 1. The van der Waals surface area contributed by atoms with Crippen molar-refractivity contribution < 1.29 is 45.3 Å². The minimum atomic E-state index is -5.01. The number of carboxylic acids is 1. The maximum Gasteiger partial charge on any atom is 0.356 e. The molecule has 0 spiro atoms. The van der Waals surface area contributed by atoms with E-state index in [0.717, 1.165) is 36.4 Å². The molecule has 4 rings (SSSR count). The molecule has 0 saturated heterocycles. The van der Waals surface area contributed by atoms with Gasteiger partial charge in [0.05, 0.1) is 17.2 Å². The molecule has 2 heterocycles. The van der Waals surface area contributed by atoms with Crippen molar-refractivity contribution in [1.29, 1.82) is 0 Å². The van der Waals surface area contributed by atoms with Gasteiger partial charge in [0, 0.05) is 30.8 Å². The molecular weight excluding hydrogens is 690 g/mol. The Bertz CT molecular complexity index is 2110. The Hall–Kier alpha value is -4.81. The van der Waals surface area contributed by atoms with Crippen LogP contribution in [0.15, 0.2) is 67.3 Å². The number of aromatic amines is 1. The Kier molecular flexibility index (Phi) is 10.7. The summed E-state index contributed by atoms with van der Waals surface area (Å²) in [5.74, 6) is -0.932.